The summed E-state index contributed by atoms with van der Waals surface area (Å²) in [6, 6.07) is 6.26. The van der Waals surface area contributed by atoms with Crippen molar-refractivity contribution in [2.75, 3.05) is 9.80 Å². The predicted molar refractivity (Wildman–Crippen MR) is 96.2 cm³/mol. The number of amides is 3. The second-order valence-corrected chi connectivity index (χ2v) is 7.03. The van der Waals surface area contributed by atoms with E-state index in [2.05, 4.69) is 9.72 Å². The summed E-state index contributed by atoms with van der Waals surface area (Å²) in [5.74, 6) is -2.49. The number of aromatic carboxylic acids is 1. The van der Waals surface area contributed by atoms with Crippen LogP contribution in [0, 0.1) is 5.92 Å². The maximum absolute atomic E-state index is 13.2. The van der Waals surface area contributed by atoms with Crippen molar-refractivity contribution in [3.63, 3.8) is 0 Å². The molecule has 2 aliphatic rings. The minimum atomic E-state index is -4.87. The van der Waals surface area contributed by atoms with E-state index in [0.29, 0.717) is 6.42 Å². The van der Waals surface area contributed by atoms with Gasteiger partial charge in [-0.1, -0.05) is 6.92 Å². The molecule has 0 radical (unpaired) electrons. The first-order valence-corrected chi connectivity index (χ1v) is 8.78. The molecule has 0 bridgehead atoms. The Kier molecular flexibility index (Phi) is 4.22. The summed E-state index contributed by atoms with van der Waals surface area (Å²) in [5, 5.41) is 9.17. The zero-order chi connectivity index (χ0) is 21.8. The number of aromatic nitrogens is 1. The summed E-state index contributed by atoms with van der Waals surface area (Å²) in [6.45, 7) is 1.78. The molecule has 1 N–H and O–H groups in total. The molecule has 2 fully saturated rings. The summed E-state index contributed by atoms with van der Waals surface area (Å²) < 4.78 is 40.9. The third-order valence-electron chi connectivity index (χ3n) is 5.18. The average Bonchev–Trinajstić information content (AvgIpc) is 3.27. The van der Waals surface area contributed by atoms with E-state index in [1.54, 1.807) is 6.92 Å². The Balaban J connectivity index is 1.70. The van der Waals surface area contributed by atoms with Crippen LogP contribution in [0.1, 0.15) is 23.8 Å². The zero-order valence-corrected chi connectivity index (χ0v) is 15.4. The molecule has 2 atom stereocenters. The van der Waals surface area contributed by atoms with Gasteiger partial charge in [0, 0.05) is 6.20 Å². The van der Waals surface area contributed by atoms with Crippen molar-refractivity contribution in [1.82, 2.24) is 4.98 Å². The van der Waals surface area contributed by atoms with E-state index in [1.807, 2.05) is 0 Å². The number of hydrogen-bond donors (Lipinski definition) is 1. The second-order valence-electron chi connectivity index (χ2n) is 7.03. The standard InChI is InChI=1S/C19H14F3N3O5/c1-10-9-18(10)16(28)24(11-2-4-13(5-3-11)30-19(20,21)22)17(29)25(18)12-6-7-23-14(8-12)15(26)27/h2-8,10H,9H2,1H3,(H,26,27). The van der Waals surface area contributed by atoms with Crippen LogP contribution in [0.5, 0.6) is 5.75 Å². The molecule has 1 aromatic carbocycles. The number of urea groups is 1. The number of hydrogen-bond acceptors (Lipinski definition) is 5. The summed E-state index contributed by atoms with van der Waals surface area (Å²) in [4.78, 5) is 43.4. The highest BCUT2D eigenvalue weighted by atomic mass is 19.4. The Bertz CT molecular complexity index is 1060. The molecule has 2 aromatic rings. The fourth-order valence-corrected chi connectivity index (χ4v) is 3.71. The molecular weight excluding hydrogens is 407 g/mol. The van der Waals surface area contributed by atoms with Crippen molar-refractivity contribution in [3.8, 4) is 5.75 Å². The fourth-order valence-electron chi connectivity index (χ4n) is 3.71. The van der Waals surface area contributed by atoms with Crippen LogP contribution in [-0.2, 0) is 4.79 Å². The van der Waals surface area contributed by atoms with Gasteiger partial charge in [-0.3, -0.25) is 9.69 Å². The van der Waals surface area contributed by atoms with Gasteiger partial charge < -0.3 is 9.84 Å². The number of ether oxygens (including phenoxy) is 1. The summed E-state index contributed by atoms with van der Waals surface area (Å²) in [5.41, 5.74) is -1.18. The number of imide groups is 1. The molecule has 1 aromatic heterocycles. The van der Waals surface area contributed by atoms with E-state index < -0.39 is 35.6 Å². The lowest BCUT2D eigenvalue weighted by Crippen LogP contribution is -2.39. The largest absolute Gasteiger partial charge is 0.573 e. The maximum Gasteiger partial charge on any atom is 0.573 e. The molecule has 1 aliphatic heterocycles. The predicted octanol–water partition coefficient (Wildman–Crippen LogP) is 3.43. The molecule has 3 amide bonds. The second kappa shape index (κ2) is 6.44. The highest BCUT2D eigenvalue weighted by Gasteiger charge is 2.70. The van der Waals surface area contributed by atoms with Crippen molar-refractivity contribution >= 4 is 29.3 Å². The Labute approximate surface area is 167 Å². The SMILES string of the molecule is CC1CC12C(=O)N(c1ccc(OC(F)(F)F)cc1)C(=O)N2c1ccnc(C(=O)O)c1. The van der Waals surface area contributed by atoms with Crippen molar-refractivity contribution in [2.45, 2.75) is 25.2 Å². The highest BCUT2D eigenvalue weighted by Crippen LogP contribution is 2.55. The van der Waals surface area contributed by atoms with Crippen LogP contribution in [0.4, 0.5) is 29.3 Å². The topological polar surface area (TPSA) is 100 Å². The normalized spacial score (nSPS) is 23.3. The van der Waals surface area contributed by atoms with Crippen LogP contribution in [0.3, 0.4) is 0 Å². The van der Waals surface area contributed by atoms with E-state index in [-0.39, 0.29) is 23.0 Å². The molecule has 1 saturated heterocycles. The van der Waals surface area contributed by atoms with Crippen molar-refractivity contribution < 1.29 is 37.4 Å². The van der Waals surface area contributed by atoms with Crippen LogP contribution < -0.4 is 14.5 Å². The number of carboxylic acids is 1. The van der Waals surface area contributed by atoms with Gasteiger partial charge in [0.05, 0.1) is 11.4 Å². The number of rotatable bonds is 4. The third kappa shape index (κ3) is 3.02. The Hall–Kier alpha value is -3.63. The van der Waals surface area contributed by atoms with E-state index in [9.17, 15) is 27.6 Å². The highest BCUT2D eigenvalue weighted by molar-refractivity contribution is 6.32. The van der Waals surface area contributed by atoms with E-state index in [4.69, 9.17) is 5.11 Å². The first-order chi connectivity index (χ1) is 14.0. The molecule has 1 aliphatic carbocycles. The monoisotopic (exact) mass is 421 g/mol. The minimum absolute atomic E-state index is 0.0769. The van der Waals surface area contributed by atoms with Gasteiger partial charge in [0.25, 0.3) is 5.91 Å². The molecule has 8 nitrogen and oxygen atoms in total. The fraction of sp³-hybridized carbons (Fsp3) is 0.263. The number of carboxylic acid groups (broad SMARTS) is 1. The van der Waals surface area contributed by atoms with Gasteiger partial charge in [0.2, 0.25) is 0 Å². The van der Waals surface area contributed by atoms with Gasteiger partial charge >= 0.3 is 18.4 Å². The molecule has 156 valence electrons. The van der Waals surface area contributed by atoms with Crippen LogP contribution >= 0.6 is 0 Å². The number of carbonyl (C=O) groups excluding carboxylic acids is 2. The first-order valence-electron chi connectivity index (χ1n) is 8.78. The van der Waals surface area contributed by atoms with E-state index in [1.165, 1.54) is 35.4 Å². The van der Waals surface area contributed by atoms with Crippen LogP contribution in [0.2, 0.25) is 0 Å². The molecule has 4 rings (SSSR count). The molecule has 1 saturated carbocycles. The number of alkyl halides is 3. The number of pyridine rings is 1. The smallest absolute Gasteiger partial charge is 0.477 e. The van der Waals surface area contributed by atoms with Gasteiger partial charge in [-0.15, -0.1) is 13.2 Å². The van der Waals surface area contributed by atoms with E-state index in [0.717, 1.165) is 17.0 Å². The average molecular weight is 421 g/mol. The Morgan fingerprint density at radius 2 is 1.83 bits per heavy atom. The zero-order valence-electron chi connectivity index (χ0n) is 15.4. The van der Waals surface area contributed by atoms with Gasteiger partial charge in [-0.05, 0) is 48.7 Å². The number of nitrogens with zero attached hydrogens (tertiary/aromatic N) is 3. The molecular formula is C19H14F3N3O5. The summed E-state index contributed by atoms with van der Waals surface area (Å²) >= 11 is 0. The summed E-state index contributed by atoms with van der Waals surface area (Å²) in [7, 11) is 0. The minimum Gasteiger partial charge on any atom is -0.477 e. The van der Waals surface area contributed by atoms with Crippen LogP contribution in [-0.4, -0.2) is 39.9 Å². The van der Waals surface area contributed by atoms with Gasteiger partial charge in [0.1, 0.15) is 17.0 Å². The maximum atomic E-state index is 13.2. The lowest BCUT2D eigenvalue weighted by molar-refractivity contribution is -0.274. The number of benzene rings is 1. The van der Waals surface area contributed by atoms with Crippen LogP contribution in [0.15, 0.2) is 42.6 Å². The summed E-state index contributed by atoms with van der Waals surface area (Å²) in [6.07, 6.45) is -3.27. The van der Waals surface area contributed by atoms with Gasteiger partial charge in [-0.2, -0.15) is 0 Å². The Morgan fingerprint density at radius 3 is 2.37 bits per heavy atom. The Morgan fingerprint density at radius 1 is 1.20 bits per heavy atom. The van der Waals surface area contributed by atoms with Crippen molar-refractivity contribution in [2.24, 2.45) is 5.92 Å². The van der Waals surface area contributed by atoms with Gasteiger partial charge in [-0.25, -0.2) is 19.5 Å². The van der Waals surface area contributed by atoms with Crippen LogP contribution in [0.25, 0.3) is 0 Å². The number of anilines is 2. The van der Waals surface area contributed by atoms with Crippen molar-refractivity contribution in [3.05, 3.63) is 48.3 Å². The number of carbonyl (C=O) groups is 3. The quantitative estimate of drug-likeness (QED) is 0.760. The molecule has 11 heteroatoms. The van der Waals surface area contributed by atoms with Gasteiger partial charge in [0.15, 0.2) is 0 Å². The molecule has 2 heterocycles. The van der Waals surface area contributed by atoms with E-state index >= 15 is 0 Å². The molecule has 30 heavy (non-hydrogen) atoms. The molecule has 2 unspecified atom stereocenters. The number of halogens is 3. The third-order valence-corrected chi connectivity index (χ3v) is 5.18. The molecule has 1 spiro atoms. The lowest BCUT2D eigenvalue weighted by atomic mass is 10.1. The lowest BCUT2D eigenvalue weighted by Gasteiger charge is -2.22. The van der Waals surface area contributed by atoms with Crippen molar-refractivity contribution in [1.29, 1.82) is 0 Å². The first kappa shape index (κ1) is 19.7.